The van der Waals surface area contributed by atoms with E-state index in [1.165, 1.54) is 0 Å². The van der Waals surface area contributed by atoms with Crippen LogP contribution in [0.5, 0.6) is 0 Å². The molecule has 0 aliphatic heterocycles. The lowest BCUT2D eigenvalue weighted by Crippen LogP contribution is -2.32. The van der Waals surface area contributed by atoms with Gasteiger partial charge < -0.3 is 10.5 Å². The van der Waals surface area contributed by atoms with Gasteiger partial charge in [-0.05, 0) is 20.3 Å². The lowest BCUT2D eigenvalue weighted by atomic mass is 9.97. The van der Waals surface area contributed by atoms with Crippen LogP contribution in [0.15, 0.2) is 5.38 Å². The van der Waals surface area contributed by atoms with E-state index in [1.807, 2.05) is 13.8 Å². The topological polar surface area (TPSA) is 48.1 Å². The molecule has 1 heterocycles. The third-order valence-corrected chi connectivity index (χ3v) is 3.44. The van der Waals surface area contributed by atoms with Gasteiger partial charge in [0.25, 0.3) is 0 Å². The summed E-state index contributed by atoms with van der Waals surface area (Å²) in [5, 5.41) is 3.17. The maximum Gasteiger partial charge on any atom is 0.0952 e. The van der Waals surface area contributed by atoms with Crippen molar-refractivity contribution < 1.29 is 4.74 Å². The predicted octanol–water partition coefficient (Wildman–Crippen LogP) is 2.31. The Morgan fingerprint density at radius 3 is 2.87 bits per heavy atom. The zero-order chi connectivity index (χ0) is 11.3. The normalized spacial score (nSPS) is 15.2. The zero-order valence-corrected chi connectivity index (χ0v) is 10.6. The monoisotopic (exact) mass is 228 g/mol. The van der Waals surface area contributed by atoms with Crippen molar-refractivity contribution in [2.45, 2.75) is 39.2 Å². The summed E-state index contributed by atoms with van der Waals surface area (Å²) in [6.45, 7) is 7.62. The standard InChI is InChI=1S/C11H20N2OS/c1-4-11(3,12)9-8-15-10(13-9)6-7-14-5-2/h8H,4-7,12H2,1-3H3. The Bertz CT molecular complexity index is 297. The third kappa shape index (κ3) is 3.55. The largest absolute Gasteiger partial charge is 0.381 e. The molecule has 0 radical (unpaired) electrons. The summed E-state index contributed by atoms with van der Waals surface area (Å²) < 4.78 is 5.29. The summed E-state index contributed by atoms with van der Waals surface area (Å²) in [6, 6.07) is 0. The fourth-order valence-corrected chi connectivity index (χ4v) is 2.09. The van der Waals surface area contributed by atoms with Gasteiger partial charge in [0, 0.05) is 18.4 Å². The van der Waals surface area contributed by atoms with Crippen molar-refractivity contribution in [1.82, 2.24) is 4.98 Å². The van der Waals surface area contributed by atoms with E-state index in [4.69, 9.17) is 10.5 Å². The molecule has 0 aliphatic rings. The molecular formula is C11H20N2OS. The van der Waals surface area contributed by atoms with Gasteiger partial charge in [-0.1, -0.05) is 6.92 Å². The number of ether oxygens (including phenoxy) is 1. The third-order valence-electron chi connectivity index (χ3n) is 2.54. The van der Waals surface area contributed by atoms with Gasteiger partial charge in [0.2, 0.25) is 0 Å². The van der Waals surface area contributed by atoms with Crippen molar-refractivity contribution >= 4 is 11.3 Å². The van der Waals surface area contributed by atoms with Crippen LogP contribution >= 0.6 is 11.3 Å². The smallest absolute Gasteiger partial charge is 0.0952 e. The molecule has 1 aromatic heterocycles. The van der Waals surface area contributed by atoms with E-state index in [9.17, 15) is 0 Å². The number of hydrogen-bond donors (Lipinski definition) is 1. The van der Waals surface area contributed by atoms with Gasteiger partial charge in [0.05, 0.1) is 22.8 Å². The fraction of sp³-hybridized carbons (Fsp3) is 0.727. The molecule has 0 spiro atoms. The summed E-state index contributed by atoms with van der Waals surface area (Å²) in [7, 11) is 0. The van der Waals surface area contributed by atoms with Crippen molar-refractivity contribution in [3.63, 3.8) is 0 Å². The molecule has 0 bridgehead atoms. The van der Waals surface area contributed by atoms with Crippen LogP contribution in [0.2, 0.25) is 0 Å². The maximum atomic E-state index is 6.12. The number of rotatable bonds is 6. The van der Waals surface area contributed by atoms with E-state index < -0.39 is 0 Å². The van der Waals surface area contributed by atoms with Crippen molar-refractivity contribution in [2.75, 3.05) is 13.2 Å². The molecule has 0 amide bonds. The second kappa shape index (κ2) is 5.58. The van der Waals surface area contributed by atoms with E-state index in [1.54, 1.807) is 11.3 Å². The van der Waals surface area contributed by atoms with Crippen LogP contribution in [0.3, 0.4) is 0 Å². The number of hydrogen-bond acceptors (Lipinski definition) is 4. The molecule has 0 aromatic carbocycles. The van der Waals surface area contributed by atoms with E-state index in [0.717, 1.165) is 36.8 Å². The van der Waals surface area contributed by atoms with Gasteiger partial charge in [-0.3, -0.25) is 0 Å². The van der Waals surface area contributed by atoms with Gasteiger partial charge >= 0.3 is 0 Å². The van der Waals surface area contributed by atoms with E-state index in [0.29, 0.717) is 0 Å². The van der Waals surface area contributed by atoms with Gasteiger partial charge in [-0.2, -0.15) is 0 Å². The molecule has 0 aliphatic carbocycles. The number of thiazole rings is 1. The van der Waals surface area contributed by atoms with Crippen LogP contribution in [0, 0.1) is 0 Å². The van der Waals surface area contributed by atoms with Crippen LogP contribution in [0.25, 0.3) is 0 Å². The molecule has 4 heteroatoms. The maximum absolute atomic E-state index is 6.12. The Morgan fingerprint density at radius 1 is 1.53 bits per heavy atom. The average Bonchev–Trinajstić information content (AvgIpc) is 2.68. The lowest BCUT2D eigenvalue weighted by molar-refractivity contribution is 0.151. The highest BCUT2D eigenvalue weighted by Crippen LogP contribution is 2.23. The van der Waals surface area contributed by atoms with Crippen LogP contribution in [-0.4, -0.2) is 18.2 Å². The summed E-state index contributed by atoms with van der Waals surface area (Å²) in [6.07, 6.45) is 1.79. The van der Waals surface area contributed by atoms with Crippen LogP contribution in [-0.2, 0) is 16.7 Å². The molecular weight excluding hydrogens is 208 g/mol. The second-order valence-electron chi connectivity index (χ2n) is 3.84. The highest BCUT2D eigenvalue weighted by molar-refractivity contribution is 7.09. The summed E-state index contributed by atoms with van der Waals surface area (Å²) in [4.78, 5) is 4.54. The van der Waals surface area contributed by atoms with E-state index >= 15 is 0 Å². The Kier molecular flexibility index (Phi) is 4.70. The van der Waals surface area contributed by atoms with Crippen molar-refractivity contribution in [3.8, 4) is 0 Å². The number of nitrogens with two attached hydrogens (primary N) is 1. The predicted molar refractivity (Wildman–Crippen MR) is 64.1 cm³/mol. The van der Waals surface area contributed by atoms with Crippen molar-refractivity contribution in [1.29, 1.82) is 0 Å². The summed E-state index contributed by atoms with van der Waals surface area (Å²) in [5.41, 5.74) is 6.83. The van der Waals surface area contributed by atoms with Crippen LogP contribution < -0.4 is 5.73 Å². The highest BCUT2D eigenvalue weighted by Gasteiger charge is 2.21. The zero-order valence-electron chi connectivity index (χ0n) is 9.75. The first-order valence-corrected chi connectivity index (χ1v) is 6.29. The number of aromatic nitrogens is 1. The van der Waals surface area contributed by atoms with E-state index in [2.05, 4.69) is 17.3 Å². The van der Waals surface area contributed by atoms with Crippen molar-refractivity contribution in [2.24, 2.45) is 5.73 Å². The minimum Gasteiger partial charge on any atom is -0.381 e. The summed E-state index contributed by atoms with van der Waals surface area (Å²) in [5.74, 6) is 0. The SMILES string of the molecule is CCOCCc1nc(C(C)(N)CC)cs1. The molecule has 15 heavy (non-hydrogen) atoms. The second-order valence-corrected chi connectivity index (χ2v) is 4.79. The molecule has 1 atom stereocenters. The molecule has 0 saturated carbocycles. The Labute approximate surface area is 95.7 Å². The molecule has 2 N–H and O–H groups in total. The minimum atomic E-state index is -0.291. The summed E-state index contributed by atoms with van der Waals surface area (Å²) >= 11 is 1.67. The van der Waals surface area contributed by atoms with Gasteiger partial charge in [-0.15, -0.1) is 11.3 Å². The van der Waals surface area contributed by atoms with Crippen LogP contribution in [0.1, 0.15) is 37.9 Å². The van der Waals surface area contributed by atoms with Crippen LogP contribution in [0.4, 0.5) is 0 Å². The molecule has 3 nitrogen and oxygen atoms in total. The molecule has 1 aromatic rings. The van der Waals surface area contributed by atoms with Gasteiger partial charge in [0.15, 0.2) is 0 Å². The molecule has 1 rings (SSSR count). The molecule has 0 saturated heterocycles. The van der Waals surface area contributed by atoms with Gasteiger partial charge in [-0.25, -0.2) is 4.98 Å². The molecule has 1 unspecified atom stereocenters. The first kappa shape index (κ1) is 12.6. The van der Waals surface area contributed by atoms with E-state index in [-0.39, 0.29) is 5.54 Å². The highest BCUT2D eigenvalue weighted by atomic mass is 32.1. The first-order chi connectivity index (χ1) is 7.10. The Morgan fingerprint density at radius 2 is 2.27 bits per heavy atom. The molecule has 0 fully saturated rings. The quantitative estimate of drug-likeness (QED) is 0.760. The number of nitrogens with zero attached hydrogens (tertiary/aromatic N) is 1. The van der Waals surface area contributed by atoms with Gasteiger partial charge in [0.1, 0.15) is 0 Å². The fourth-order valence-electron chi connectivity index (χ4n) is 1.17. The Hall–Kier alpha value is -0.450. The minimum absolute atomic E-state index is 0.291. The molecule has 86 valence electrons. The lowest BCUT2D eigenvalue weighted by Gasteiger charge is -2.19. The first-order valence-electron chi connectivity index (χ1n) is 5.41. The van der Waals surface area contributed by atoms with Crippen molar-refractivity contribution in [3.05, 3.63) is 16.1 Å². The Balaban J connectivity index is 2.56. The average molecular weight is 228 g/mol.